The van der Waals surface area contributed by atoms with Gasteiger partial charge in [0.25, 0.3) is 11.8 Å². The van der Waals surface area contributed by atoms with Gasteiger partial charge in [-0.3, -0.25) is 19.8 Å². The minimum absolute atomic E-state index is 0.00396. The number of ether oxygens (including phenoxy) is 1. The number of thiocarbonyl (C=S) groups is 1. The number of carbonyl (C=O) groups is 2. The average molecular weight is 512 g/mol. The molecule has 0 aliphatic carbocycles. The summed E-state index contributed by atoms with van der Waals surface area (Å²) >= 11 is 5.34. The fraction of sp³-hybridized carbons (Fsp3) is 0.207. The minimum Gasteiger partial charge on any atom is -0.507 e. The number of nitrogens with zero attached hydrogens (tertiary/aromatic N) is 2. The summed E-state index contributed by atoms with van der Waals surface area (Å²) in [7, 11) is 0. The molecule has 3 aromatic rings. The van der Waals surface area contributed by atoms with Crippen molar-refractivity contribution in [1.29, 1.82) is 0 Å². The molecule has 0 radical (unpaired) electrons. The van der Waals surface area contributed by atoms with Crippen molar-refractivity contribution >= 4 is 46.6 Å². The largest absolute Gasteiger partial charge is 0.507 e. The molecule has 0 unspecified atom stereocenters. The molecular weight excluding hydrogens is 486 g/mol. The summed E-state index contributed by atoms with van der Waals surface area (Å²) in [6.07, 6.45) is 5.17. The maximum atomic E-state index is 13.5. The van der Waals surface area contributed by atoms with Gasteiger partial charge in [0.15, 0.2) is 5.11 Å². The number of anilines is 2. The molecule has 7 nitrogen and oxygen atoms in total. The Morgan fingerprint density at radius 1 is 0.946 bits per heavy atom. The van der Waals surface area contributed by atoms with Crippen LogP contribution in [0.5, 0.6) is 17.2 Å². The lowest BCUT2D eigenvalue weighted by Gasteiger charge is -2.37. The molecule has 37 heavy (non-hydrogen) atoms. The van der Waals surface area contributed by atoms with Crippen molar-refractivity contribution in [2.24, 2.45) is 0 Å². The third kappa shape index (κ3) is 4.23. The molecule has 0 spiro atoms. The fourth-order valence-electron chi connectivity index (χ4n) is 5.31. The lowest BCUT2D eigenvalue weighted by Crippen LogP contribution is -2.54. The second-order valence-electron chi connectivity index (χ2n) is 9.36. The highest BCUT2D eigenvalue weighted by molar-refractivity contribution is 7.80. The molecule has 8 heteroatoms. The molecule has 6 rings (SSSR count). The van der Waals surface area contributed by atoms with E-state index in [2.05, 4.69) is 10.2 Å². The van der Waals surface area contributed by atoms with E-state index in [0.717, 1.165) is 55.6 Å². The highest BCUT2D eigenvalue weighted by Crippen LogP contribution is 2.42. The summed E-state index contributed by atoms with van der Waals surface area (Å²) < 4.78 is 5.84. The summed E-state index contributed by atoms with van der Waals surface area (Å²) in [5, 5.41) is 13.7. The van der Waals surface area contributed by atoms with Crippen LogP contribution in [0.2, 0.25) is 0 Å². The van der Waals surface area contributed by atoms with Crippen LogP contribution in [0.1, 0.15) is 29.5 Å². The third-order valence-corrected chi connectivity index (χ3v) is 7.28. The molecule has 186 valence electrons. The van der Waals surface area contributed by atoms with E-state index in [4.69, 9.17) is 17.0 Å². The summed E-state index contributed by atoms with van der Waals surface area (Å²) in [4.78, 5) is 30.0. The molecule has 0 aromatic heterocycles. The first kappa shape index (κ1) is 23.2. The van der Waals surface area contributed by atoms with Crippen LogP contribution in [0, 0.1) is 0 Å². The number of benzene rings is 3. The van der Waals surface area contributed by atoms with Crippen molar-refractivity contribution in [2.75, 3.05) is 22.9 Å². The van der Waals surface area contributed by atoms with Gasteiger partial charge in [-0.25, -0.2) is 0 Å². The van der Waals surface area contributed by atoms with Crippen LogP contribution >= 0.6 is 12.2 Å². The Bertz CT molecular complexity index is 1450. The molecule has 1 fully saturated rings. The van der Waals surface area contributed by atoms with Crippen LogP contribution in [0.4, 0.5) is 11.4 Å². The van der Waals surface area contributed by atoms with Gasteiger partial charge in [0.05, 0.1) is 5.69 Å². The van der Waals surface area contributed by atoms with Crippen LogP contribution in [-0.2, 0) is 22.4 Å². The normalized spacial score (nSPS) is 18.1. The van der Waals surface area contributed by atoms with Crippen molar-refractivity contribution in [3.63, 3.8) is 0 Å². The van der Waals surface area contributed by atoms with E-state index >= 15 is 0 Å². The number of amides is 2. The van der Waals surface area contributed by atoms with Crippen molar-refractivity contribution in [3.8, 4) is 17.2 Å². The summed E-state index contributed by atoms with van der Waals surface area (Å²) in [6.45, 7) is 1.98. The van der Waals surface area contributed by atoms with E-state index in [-0.39, 0.29) is 16.4 Å². The van der Waals surface area contributed by atoms with Crippen molar-refractivity contribution in [1.82, 2.24) is 5.32 Å². The fourth-order valence-corrected chi connectivity index (χ4v) is 5.59. The Labute approximate surface area is 220 Å². The Morgan fingerprint density at radius 3 is 2.41 bits per heavy atom. The maximum absolute atomic E-state index is 13.5. The molecule has 3 aliphatic rings. The van der Waals surface area contributed by atoms with E-state index in [1.165, 1.54) is 11.0 Å². The SMILES string of the molecule is O=C1NC(=S)N(c2ccc(Oc3ccccc3)cc2)C(=O)/C1=C/c1cc2c3c(c1O)CCCN3CCC2. The predicted molar refractivity (Wildman–Crippen MR) is 146 cm³/mol. The third-order valence-electron chi connectivity index (χ3n) is 7.00. The second kappa shape index (κ2) is 9.37. The van der Waals surface area contributed by atoms with Gasteiger partial charge in [-0.2, -0.15) is 0 Å². The summed E-state index contributed by atoms with van der Waals surface area (Å²) in [6, 6.07) is 18.2. The highest BCUT2D eigenvalue weighted by atomic mass is 32.1. The van der Waals surface area contributed by atoms with Crippen molar-refractivity contribution in [2.45, 2.75) is 25.7 Å². The number of aromatic hydroxyl groups is 1. The van der Waals surface area contributed by atoms with Gasteiger partial charge >= 0.3 is 0 Å². The van der Waals surface area contributed by atoms with Crippen LogP contribution in [0.15, 0.2) is 66.2 Å². The smallest absolute Gasteiger partial charge is 0.270 e. The topological polar surface area (TPSA) is 82.1 Å². The molecule has 3 aliphatic heterocycles. The lowest BCUT2D eigenvalue weighted by atomic mass is 9.88. The van der Waals surface area contributed by atoms with Crippen molar-refractivity contribution in [3.05, 3.63) is 82.9 Å². The minimum atomic E-state index is -0.581. The van der Waals surface area contributed by atoms with Gasteiger partial charge in [-0.15, -0.1) is 0 Å². The molecule has 1 saturated heterocycles. The quantitative estimate of drug-likeness (QED) is 0.300. The van der Waals surface area contributed by atoms with E-state index < -0.39 is 11.8 Å². The Kier molecular flexibility index (Phi) is 5.88. The predicted octanol–water partition coefficient (Wildman–Crippen LogP) is 4.71. The molecule has 3 aromatic carbocycles. The highest BCUT2D eigenvalue weighted by Gasteiger charge is 2.35. The zero-order valence-corrected chi connectivity index (χ0v) is 20.9. The number of hydrogen-bond donors (Lipinski definition) is 2. The first-order valence-corrected chi connectivity index (χ1v) is 12.8. The number of para-hydroxylation sites is 1. The van der Waals surface area contributed by atoms with E-state index in [9.17, 15) is 14.7 Å². The molecule has 3 heterocycles. The molecule has 0 bridgehead atoms. The first-order valence-electron chi connectivity index (χ1n) is 12.4. The maximum Gasteiger partial charge on any atom is 0.270 e. The monoisotopic (exact) mass is 511 g/mol. The standard InChI is InChI=1S/C29H25N3O4S/c33-26-19(16-18-6-4-14-31-15-5-9-23(26)25(18)31)17-24-27(34)30-29(37)32(28(24)35)20-10-12-22(13-11-20)36-21-7-2-1-3-8-21/h1-3,7-8,10-13,16-17,33H,4-6,9,14-15H2,(H,30,34,37)/b24-17+. The summed E-state index contributed by atoms with van der Waals surface area (Å²) in [5.41, 5.74) is 4.08. The van der Waals surface area contributed by atoms with Gasteiger partial charge in [0.1, 0.15) is 22.8 Å². The number of phenols is 1. The summed E-state index contributed by atoms with van der Waals surface area (Å²) in [5.74, 6) is 0.317. The number of phenolic OH excluding ortho intramolecular Hbond substituents is 1. The number of aryl methyl sites for hydroxylation is 1. The Hall–Kier alpha value is -4.17. The van der Waals surface area contributed by atoms with Crippen LogP contribution in [-0.4, -0.2) is 35.1 Å². The van der Waals surface area contributed by atoms with Crippen molar-refractivity contribution < 1.29 is 19.4 Å². The molecule has 0 atom stereocenters. The van der Waals surface area contributed by atoms with E-state index in [0.29, 0.717) is 22.7 Å². The van der Waals surface area contributed by atoms with Gasteiger partial charge in [-0.05, 0) is 92.0 Å². The molecule has 2 N–H and O–H groups in total. The zero-order valence-electron chi connectivity index (χ0n) is 20.1. The Morgan fingerprint density at radius 2 is 1.65 bits per heavy atom. The molecular formula is C29H25N3O4S. The number of rotatable bonds is 4. The van der Waals surface area contributed by atoms with Gasteiger partial charge in [-0.1, -0.05) is 18.2 Å². The van der Waals surface area contributed by atoms with Crippen LogP contribution in [0.3, 0.4) is 0 Å². The van der Waals surface area contributed by atoms with E-state index in [1.807, 2.05) is 36.4 Å². The Balaban J connectivity index is 1.32. The van der Waals surface area contributed by atoms with Crippen LogP contribution in [0.25, 0.3) is 6.08 Å². The first-order chi connectivity index (χ1) is 18.0. The van der Waals surface area contributed by atoms with Gasteiger partial charge in [0, 0.05) is 29.9 Å². The number of hydrogen-bond acceptors (Lipinski definition) is 6. The lowest BCUT2D eigenvalue weighted by molar-refractivity contribution is -0.122. The molecule has 0 saturated carbocycles. The zero-order chi connectivity index (χ0) is 25.5. The number of nitrogens with one attached hydrogen (secondary N) is 1. The number of carbonyl (C=O) groups excluding carboxylic acids is 2. The average Bonchev–Trinajstić information content (AvgIpc) is 2.90. The van der Waals surface area contributed by atoms with Crippen LogP contribution < -0.4 is 19.9 Å². The second-order valence-corrected chi connectivity index (χ2v) is 9.75. The van der Waals surface area contributed by atoms with Gasteiger partial charge in [0.2, 0.25) is 0 Å². The molecule has 2 amide bonds. The van der Waals surface area contributed by atoms with Gasteiger partial charge < -0.3 is 14.7 Å². The van der Waals surface area contributed by atoms with E-state index in [1.54, 1.807) is 24.3 Å².